The lowest BCUT2D eigenvalue weighted by Gasteiger charge is -2.33. The molecule has 0 fully saturated rings. The zero-order valence-corrected chi connectivity index (χ0v) is 18.0. The second-order valence-electron chi connectivity index (χ2n) is 8.67. The maximum absolute atomic E-state index is 11.2. The van der Waals surface area contributed by atoms with Gasteiger partial charge in [-0.2, -0.15) is 0 Å². The maximum Gasteiger partial charge on any atom is 0.335 e. The second kappa shape index (κ2) is 7.88. The smallest absolute Gasteiger partial charge is 0.335 e. The number of fused-ring (bicyclic) bond motifs is 1. The monoisotopic (exact) mass is 406 g/mol. The summed E-state index contributed by atoms with van der Waals surface area (Å²) in [7, 11) is 0. The second-order valence-corrected chi connectivity index (χ2v) is 8.67. The largest absolute Gasteiger partial charge is 0.478 e. The van der Waals surface area contributed by atoms with Crippen LogP contribution in [0.4, 0.5) is 0 Å². The van der Waals surface area contributed by atoms with Crippen LogP contribution >= 0.6 is 0 Å². The van der Waals surface area contributed by atoms with E-state index >= 15 is 0 Å². The van der Waals surface area contributed by atoms with Crippen molar-refractivity contribution in [3.05, 3.63) is 125 Å². The summed E-state index contributed by atoms with van der Waals surface area (Å²) in [6, 6.07) is 23.6. The molecule has 0 amide bonds. The molecule has 1 N–H and O–H groups in total. The third-order valence-electron chi connectivity index (χ3n) is 6.13. The first-order valence-electron chi connectivity index (χ1n) is 10.4. The van der Waals surface area contributed by atoms with Crippen molar-refractivity contribution in [1.82, 2.24) is 0 Å². The topological polar surface area (TPSA) is 37.3 Å². The van der Waals surface area contributed by atoms with Crippen LogP contribution in [0.3, 0.4) is 0 Å². The summed E-state index contributed by atoms with van der Waals surface area (Å²) >= 11 is 0. The van der Waals surface area contributed by atoms with E-state index in [1.54, 1.807) is 12.1 Å². The highest BCUT2D eigenvalue weighted by Crippen LogP contribution is 2.44. The average Bonchev–Trinajstić information content (AvgIpc) is 2.78. The number of allylic oxidation sites excluding steroid dienone is 3. The van der Waals surface area contributed by atoms with Crippen molar-refractivity contribution in [2.75, 3.05) is 0 Å². The van der Waals surface area contributed by atoms with E-state index in [0.717, 1.165) is 39.8 Å². The molecule has 0 spiro atoms. The van der Waals surface area contributed by atoms with Gasteiger partial charge in [-0.15, -0.1) is 0 Å². The fourth-order valence-electron chi connectivity index (χ4n) is 4.18. The van der Waals surface area contributed by atoms with Crippen LogP contribution < -0.4 is 0 Å². The lowest BCUT2D eigenvalue weighted by Crippen LogP contribution is -2.22. The van der Waals surface area contributed by atoms with E-state index in [2.05, 4.69) is 63.4 Å². The van der Waals surface area contributed by atoms with E-state index in [1.165, 1.54) is 11.1 Å². The highest BCUT2D eigenvalue weighted by Gasteiger charge is 2.29. The van der Waals surface area contributed by atoms with Crippen molar-refractivity contribution in [1.29, 1.82) is 0 Å². The molecule has 0 radical (unpaired) electrons. The first-order valence-corrected chi connectivity index (χ1v) is 10.4. The molecule has 3 aromatic rings. The molecule has 0 unspecified atom stereocenters. The lowest BCUT2D eigenvalue weighted by molar-refractivity contribution is 0.0697. The molecule has 4 rings (SSSR count). The van der Waals surface area contributed by atoms with Crippen LogP contribution in [0.5, 0.6) is 0 Å². The Hall–Kier alpha value is -3.65. The molecule has 2 nitrogen and oxygen atoms in total. The van der Waals surface area contributed by atoms with Crippen LogP contribution in [0.25, 0.3) is 16.7 Å². The highest BCUT2D eigenvalue weighted by molar-refractivity contribution is 6.05. The Morgan fingerprint density at radius 2 is 1.39 bits per heavy atom. The minimum absolute atomic E-state index is 0.0405. The van der Waals surface area contributed by atoms with E-state index in [1.807, 2.05) is 30.3 Å². The van der Waals surface area contributed by atoms with Crippen molar-refractivity contribution >= 4 is 22.7 Å². The van der Waals surface area contributed by atoms with Gasteiger partial charge in [-0.3, -0.25) is 0 Å². The van der Waals surface area contributed by atoms with Crippen LogP contribution in [0.15, 0.2) is 92.0 Å². The molecule has 0 saturated carbocycles. The van der Waals surface area contributed by atoms with E-state index in [4.69, 9.17) is 5.11 Å². The van der Waals surface area contributed by atoms with Gasteiger partial charge in [0.15, 0.2) is 0 Å². The number of carboxylic acids is 1. The van der Waals surface area contributed by atoms with Gasteiger partial charge >= 0.3 is 5.97 Å². The molecule has 0 aromatic heterocycles. The summed E-state index contributed by atoms with van der Waals surface area (Å²) in [5.74, 6) is -0.928. The maximum atomic E-state index is 11.2. The summed E-state index contributed by atoms with van der Waals surface area (Å²) in [5, 5.41) is 9.15. The summed E-state index contributed by atoms with van der Waals surface area (Å²) in [5.41, 5.74) is 8.90. The average molecular weight is 407 g/mol. The predicted octanol–water partition coefficient (Wildman–Crippen LogP) is 7.22. The van der Waals surface area contributed by atoms with Gasteiger partial charge < -0.3 is 5.11 Å². The minimum atomic E-state index is -0.928. The molecule has 0 atom stereocenters. The van der Waals surface area contributed by atoms with Gasteiger partial charge in [0.25, 0.3) is 0 Å². The summed E-state index contributed by atoms with van der Waals surface area (Å²) in [6.07, 6.45) is 3.25. The number of rotatable bonds is 5. The highest BCUT2D eigenvalue weighted by atomic mass is 16.4. The lowest BCUT2D eigenvalue weighted by atomic mass is 9.71. The fraction of sp³-hybridized carbons (Fsp3) is 0.138. The Morgan fingerprint density at radius 3 is 2.03 bits per heavy atom. The number of carbonyl (C=O) groups is 1. The van der Waals surface area contributed by atoms with E-state index in [-0.39, 0.29) is 11.0 Å². The third kappa shape index (κ3) is 3.89. The molecule has 0 aliphatic heterocycles. The molecular formula is C29H26O2. The van der Waals surface area contributed by atoms with Gasteiger partial charge in [0.1, 0.15) is 0 Å². The van der Waals surface area contributed by atoms with Crippen LogP contribution in [0.2, 0.25) is 0 Å². The van der Waals surface area contributed by atoms with E-state index in [0.29, 0.717) is 0 Å². The minimum Gasteiger partial charge on any atom is -0.478 e. The number of aromatic carboxylic acids is 1. The summed E-state index contributed by atoms with van der Waals surface area (Å²) < 4.78 is 0. The SMILES string of the molecule is C=C(C1=CCC(C)(C)c2ccc(C(=C)c3ccc(C(=O)O)cc3)cc21)c1ccccc1. The quantitative estimate of drug-likeness (QED) is 0.485. The van der Waals surface area contributed by atoms with E-state index < -0.39 is 5.97 Å². The van der Waals surface area contributed by atoms with Gasteiger partial charge in [-0.05, 0) is 74.6 Å². The molecule has 0 bridgehead atoms. The summed E-state index contributed by atoms with van der Waals surface area (Å²) in [4.78, 5) is 11.2. The molecule has 1 aliphatic rings. The molecule has 154 valence electrons. The molecule has 0 heterocycles. The number of hydrogen-bond donors (Lipinski definition) is 1. The Kier molecular flexibility index (Phi) is 5.24. The molecule has 1 aliphatic carbocycles. The van der Waals surface area contributed by atoms with Crippen LogP contribution in [0, 0.1) is 0 Å². The zero-order valence-electron chi connectivity index (χ0n) is 18.0. The Labute approximate surface area is 183 Å². The van der Waals surface area contributed by atoms with Gasteiger partial charge in [0, 0.05) is 0 Å². The first kappa shape index (κ1) is 20.6. The Bertz CT molecular complexity index is 1210. The molecular weight excluding hydrogens is 380 g/mol. The number of carboxylic acid groups (broad SMARTS) is 1. The number of benzene rings is 3. The third-order valence-corrected chi connectivity index (χ3v) is 6.13. The fourth-order valence-corrected chi connectivity index (χ4v) is 4.18. The van der Waals surface area contributed by atoms with Gasteiger partial charge in [0.2, 0.25) is 0 Å². The molecule has 0 saturated heterocycles. The van der Waals surface area contributed by atoms with E-state index in [9.17, 15) is 4.79 Å². The van der Waals surface area contributed by atoms with Crippen molar-refractivity contribution in [2.24, 2.45) is 0 Å². The standard InChI is InChI=1S/C29H26O2/c1-19(22-10-12-23(13-11-22)28(30)31)24-14-15-27-26(18-24)25(16-17-29(27,3)4)20(2)21-8-6-5-7-9-21/h5-16,18H,1-2,17H2,3-4H3,(H,30,31). The zero-order chi connectivity index (χ0) is 22.2. The van der Waals surface area contributed by atoms with Gasteiger partial charge in [-0.1, -0.05) is 87.7 Å². The van der Waals surface area contributed by atoms with Gasteiger partial charge in [0.05, 0.1) is 5.56 Å². The predicted molar refractivity (Wildman–Crippen MR) is 129 cm³/mol. The van der Waals surface area contributed by atoms with Crippen LogP contribution in [-0.4, -0.2) is 11.1 Å². The first-order chi connectivity index (χ1) is 14.8. The van der Waals surface area contributed by atoms with Crippen LogP contribution in [-0.2, 0) is 5.41 Å². The number of hydrogen-bond acceptors (Lipinski definition) is 1. The Morgan fingerprint density at radius 1 is 0.806 bits per heavy atom. The van der Waals surface area contributed by atoms with Crippen molar-refractivity contribution in [3.63, 3.8) is 0 Å². The molecule has 3 aromatic carbocycles. The van der Waals surface area contributed by atoms with Crippen molar-refractivity contribution in [2.45, 2.75) is 25.7 Å². The van der Waals surface area contributed by atoms with Crippen molar-refractivity contribution in [3.8, 4) is 0 Å². The van der Waals surface area contributed by atoms with Crippen LogP contribution in [0.1, 0.15) is 58.4 Å². The normalized spacial score (nSPS) is 14.3. The van der Waals surface area contributed by atoms with Gasteiger partial charge in [-0.25, -0.2) is 4.79 Å². The summed E-state index contributed by atoms with van der Waals surface area (Å²) in [6.45, 7) is 13.2. The Balaban J connectivity index is 1.76. The van der Waals surface area contributed by atoms with Crippen molar-refractivity contribution < 1.29 is 9.90 Å². The molecule has 31 heavy (non-hydrogen) atoms. The molecule has 2 heteroatoms.